The molecule has 0 nitrogen and oxygen atoms in total. The zero-order valence-corrected chi connectivity index (χ0v) is 12.3. The van der Waals surface area contributed by atoms with Crippen LogP contribution in [0.1, 0.15) is 48.8 Å². The number of hydrogen-bond donors (Lipinski definition) is 0. The molecule has 0 radical (unpaired) electrons. The van der Waals surface area contributed by atoms with Crippen LogP contribution in [0, 0.1) is 0 Å². The lowest BCUT2D eigenvalue weighted by Gasteiger charge is -1.97. The van der Waals surface area contributed by atoms with Gasteiger partial charge in [0.1, 0.15) is 0 Å². The minimum atomic E-state index is 0.431. The van der Waals surface area contributed by atoms with Gasteiger partial charge in [-0.1, -0.05) is 32.3 Å². The van der Waals surface area contributed by atoms with Gasteiger partial charge in [-0.3, -0.25) is 0 Å². The second-order valence-corrected chi connectivity index (χ2v) is 7.62. The van der Waals surface area contributed by atoms with Crippen LogP contribution in [0.15, 0.2) is 23.6 Å². The molecule has 0 bridgehead atoms. The van der Waals surface area contributed by atoms with Gasteiger partial charge in [0.05, 0.1) is 0 Å². The first kappa shape index (κ1) is 13.1. The van der Waals surface area contributed by atoms with E-state index < -0.39 is 0 Å². The van der Waals surface area contributed by atoms with Crippen molar-refractivity contribution in [2.75, 3.05) is 5.75 Å². The van der Waals surface area contributed by atoms with Gasteiger partial charge in [0, 0.05) is 9.75 Å². The van der Waals surface area contributed by atoms with Crippen LogP contribution in [0.3, 0.4) is 0 Å². The third kappa shape index (κ3) is 4.44. The van der Waals surface area contributed by atoms with Crippen molar-refractivity contribution in [2.45, 2.75) is 45.4 Å². The van der Waals surface area contributed by atoms with Crippen LogP contribution >= 0.6 is 21.8 Å². The Kier molecular flexibility index (Phi) is 5.53. The zero-order chi connectivity index (χ0) is 11.9. The topological polar surface area (TPSA) is 0 Å². The average Bonchev–Trinajstić information content (AvgIpc) is 2.97. The molecule has 1 unspecified atom stereocenters. The summed E-state index contributed by atoms with van der Waals surface area (Å²) in [4.78, 5) is 3.05. The van der Waals surface area contributed by atoms with Crippen molar-refractivity contribution >= 4 is 27.2 Å². The molecule has 0 spiro atoms. The van der Waals surface area contributed by atoms with Gasteiger partial charge in [0.2, 0.25) is 0 Å². The molecule has 2 rings (SSSR count). The summed E-state index contributed by atoms with van der Waals surface area (Å²) in [6.45, 7) is 2.27. The first-order chi connectivity index (χ1) is 8.38. The van der Waals surface area contributed by atoms with Crippen molar-refractivity contribution < 1.29 is 0 Å². The molecule has 0 N–H and O–H groups in total. The molecule has 1 atom stereocenters. The number of thiophene rings is 1. The predicted molar refractivity (Wildman–Crippen MR) is 83.5 cm³/mol. The summed E-state index contributed by atoms with van der Waals surface area (Å²) < 4.78 is 0. The Morgan fingerprint density at radius 1 is 1.29 bits per heavy atom. The molecule has 2 heterocycles. The van der Waals surface area contributed by atoms with Gasteiger partial charge in [-0.25, -0.2) is 0 Å². The largest absolute Gasteiger partial charge is 0.161 e. The van der Waals surface area contributed by atoms with E-state index in [9.17, 15) is 0 Å². The molecule has 1 aromatic heterocycles. The third-order valence-corrected chi connectivity index (χ3v) is 6.06. The predicted octanol–water partition coefficient (Wildman–Crippen LogP) is 5.21. The van der Waals surface area contributed by atoms with E-state index in [2.05, 4.69) is 35.9 Å². The summed E-state index contributed by atoms with van der Waals surface area (Å²) in [6.07, 6.45) is 10.3. The SMILES string of the molecule is CCCCCCc1ccc(C=S2C=CCC2)s1. The molecule has 1 aromatic rings. The molecule has 94 valence electrons. The lowest BCUT2D eigenvalue weighted by molar-refractivity contribution is 0.670. The van der Waals surface area contributed by atoms with Crippen LogP contribution in [0.25, 0.3) is 0 Å². The van der Waals surface area contributed by atoms with Gasteiger partial charge in [-0.2, -0.15) is 10.5 Å². The van der Waals surface area contributed by atoms with Gasteiger partial charge in [0.25, 0.3) is 0 Å². The summed E-state index contributed by atoms with van der Waals surface area (Å²) >= 11 is 2.00. The van der Waals surface area contributed by atoms with E-state index in [0.717, 1.165) is 0 Å². The highest BCUT2D eigenvalue weighted by Crippen LogP contribution is 2.26. The fourth-order valence-electron chi connectivity index (χ4n) is 2.03. The maximum atomic E-state index is 2.46. The van der Waals surface area contributed by atoms with Gasteiger partial charge < -0.3 is 0 Å². The first-order valence-corrected chi connectivity index (χ1v) is 9.01. The third-order valence-electron chi connectivity index (χ3n) is 3.02. The van der Waals surface area contributed by atoms with Crippen LogP contribution in [0.5, 0.6) is 0 Å². The number of hydrogen-bond acceptors (Lipinski definition) is 1. The molecule has 0 aliphatic carbocycles. The van der Waals surface area contributed by atoms with Crippen molar-refractivity contribution in [3.8, 4) is 0 Å². The van der Waals surface area contributed by atoms with E-state index in [0.29, 0.717) is 10.5 Å². The summed E-state index contributed by atoms with van der Waals surface area (Å²) in [5.41, 5.74) is 0. The lowest BCUT2D eigenvalue weighted by Crippen LogP contribution is -1.80. The van der Waals surface area contributed by atoms with Crippen molar-refractivity contribution in [2.24, 2.45) is 0 Å². The Bertz CT molecular complexity index is 399. The Morgan fingerprint density at radius 3 is 3.00 bits per heavy atom. The molecule has 2 heteroatoms. The van der Waals surface area contributed by atoms with E-state index in [1.165, 1.54) is 49.2 Å². The highest BCUT2D eigenvalue weighted by molar-refractivity contribution is 8.18. The quantitative estimate of drug-likeness (QED) is 0.490. The summed E-state index contributed by atoms with van der Waals surface area (Å²) in [6, 6.07) is 4.63. The average molecular weight is 266 g/mol. The molecule has 0 aromatic carbocycles. The van der Waals surface area contributed by atoms with E-state index in [4.69, 9.17) is 0 Å². The van der Waals surface area contributed by atoms with Crippen molar-refractivity contribution in [3.63, 3.8) is 0 Å². The van der Waals surface area contributed by atoms with Gasteiger partial charge in [-0.05, 0) is 47.9 Å². The monoisotopic (exact) mass is 266 g/mol. The van der Waals surface area contributed by atoms with Crippen LogP contribution in [-0.2, 0) is 6.42 Å². The fraction of sp³-hybridized carbons (Fsp3) is 0.533. The van der Waals surface area contributed by atoms with E-state index >= 15 is 0 Å². The molecule has 0 saturated carbocycles. The van der Waals surface area contributed by atoms with Gasteiger partial charge >= 0.3 is 0 Å². The fourth-order valence-corrected chi connectivity index (χ4v) is 4.91. The summed E-state index contributed by atoms with van der Waals surface area (Å²) in [5.74, 6) is 1.34. The molecule has 1 aliphatic rings. The van der Waals surface area contributed by atoms with Crippen LogP contribution < -0.4 is 0 Å². The summed E-state index contributed by atoms with van der Waals surface area (Å²) in [7, 11) is 0.431. The maximum absolute atomic E-state index is 2.46. The molecule has 0 saturated heterocycles. The zero-order valence-electron chi connectivity index (χ0n) is 10.7. The molecule has 17 heavy (non-hydrogen) atoms. The summed E-state index contributed by atoms with van der Waals surface area (Å²) in [5, 5.41) is 4.84. The highest BCUT2D eigenvalue weighted by atomic mass is 32.2. The van der Waals surface area contributed by atoms with E-state index in [1.54, 1.807) is 4.88 Å². The second kappa shape index (κ2) is 7.17. The van der Waals surface area contributed by atoms with Crippen LogP contribution in [-0.4, -0.2) is 11.1 Å². The van der Waals surface area contributed by atoms with Crippen molar-refractivity contribution in [1.82, 2.24) is 0 Å². The van der Waals surface area contributed by atoms with Crippen molar-refractivity contribution in [3.05, 3.63) is 33.4 Å². The Hall–Kier alpha value is -0.340. The molecule has 1 aliphatic heterocycles. The first-order valence-electron chi connectivity index (χ1n) is 6.67. The standard InChI is InChI=1S/C15H22S2/c1-2-3-4-5-8-14-9-10-15(16-14)13-17-11-6-7-12-17/h6,9-11,13H,2-5,7-8,12H2,1H3. The number of rotatable bonds is 6. The minimum Gasteiger partial charge on any atom is -0.161 e. The molecule has 0 amide bonds. The molecule has 0 fully saturated rings. The van der Waals surface area contributed by atoms with Gasteiger partial charge in [0.15, 0.2) is 0 Å². The van der Waals surface area contributed by atoms with E-state index in [1.807, 2.05) is 11.3 Å². The lowest BCUT2D eigenvalue weighted by atomic mass is 10.1. The minimum absolute atomic E-state index is 0.431. The number of unbranched alkanes of at least 4 members (excludes halogenated alkanes) is 3. The molecular formula is C15H22S2. The van der Waals surface area contributed by atoms with Crippen LogP contribution in [0.2, 0.25) is 0 Å². The normalized spacial score (nSPS) is 19.2. The molecular weight excluding hydrogens is 244 g/mol. The maximum Gasteiger partial charge on any atom is 0.0331 e. The Morgan fingerprint density at radius 2 is 2.24 bits per heavy atom. The Balaban J connectivity index is 1.83. The van der Waals surface area contributed by atoms with Gasteiger partial charge in [-0.15, -0.1) is 11.3 Å². The smallest absolute Gasteiger partial charge is 0.0331 e. The Labute approximate surface area is 112 Å². The van der Waals surface area contributed by atoms with Crippen molar-refractivity contribution in [1.29, 1.82) is 0 Å². The highest BCUT2D eigenvalue weighted by Gasteiger charge is 2.01. The van der Waals surface area contributed by atoms with E-state index in [-0.39, 0.29) is 0 Å². The van der Waals surface area contributed by atoms with Crippen LogP contribution in [0.4, 0.5) is 0 Å². The number of aryl methyl sites for hydroxylation is 1. The second-order valence-electron chi connectivity index (χ2n) is 4.57. The number of allylic oxidation sites excluding steroid dienone is 1.